The molecule has 0 unspecified atom stereocenters. The molecule has 0 saturated heterocycles. The predicted octanol–water partition coefficient (Wildman–Crippen LogP) is 6.32. The molecule has 142 valence electrons. The van der Waals surface area contributed by atoms with Crippen LogP contribution in [0.2, 0.25) is 0 Å². The van der Waals surface area contributed by atoms with E-state index in [1.54, 1.807) is 0 Å². The Bertz CT molecular complexity index is 1030. The standard InChI is InChI=1S/C20H10F6N2/c21-19(22,23)16-5-1-12(2-6-16)15-9-14(10-27)18(28-11-15)13-3-7-17(8-4-13)20(24,25)26/h1-9,11H. The van der Waals surface area contributed by atoms with Crippen LogP contribution in [0.25, 0.3) is 22.4 Å². The van der Waals surface area contributed by atoms with Gasteiger partial charge in [0.15, 0.2) is 0 Å². The number of benzene rings is 2. The molecule has 0 spiro atoms. The minimum Gasteiger partial charge on any atom is -0.254 e. The molecule has 1 aromatic heterocycles. The maximum absolute atomic E-state index is 12.7. The van der Waals surface area contributed by atoms with Crippen molar-refractivity contribution in [3.05, 3.63) is 77.5 Å². The van der Waals surface area contributed by atoms with Crippen LogP contribution in [0.5, 0.6) is 0 Å². The average Bonchev–Trinajstić information content (AvgIpc) is 2.66. The van der Waals surface area contributed by atoms with Crippen LogP contribution in [0.15, 0.2) is 60.8 Å². The Hall–Kier alpha value is -3.34. The molecule has 0 aliphatic carbocycles. The lowest BCUT2D eigenvalue weighted by Crippen LogP contribution is -2.04. The van der Waals surface area contributed by atoms with E-state index in [-0.39, 0.29) is 11.3 Å². The monoisotopic (exact) mass is 392 g/mol. The summed E-state index contributed by atoms with van der Waals surface area (Å²) in [6.07, 6.45) is -7.58. The summed E-state index contributed by atoms with van der Waals surface area (Å²) >= 11 is 0. The Labute approximate surface area is 155 Å². The fourth-order valence-corrected chi connectivity index (χ4v) is 2.61. The van der Waals surface area contributed by atoms with Gasteiger partial charge >= 0.3 is 12.4 Å². The minimum atomic E-state index is -4.48. The van der Waals surface area contributed by atoms with E-state index >= 15 is 0 Å². The van der Waals surface area contributed by atoms with Gasteiger partial charge in [-0.3, -0.25) is 4.98 Å². The second kappa shape index (κ2) is 7.00. The SMILES string of the molecule is N#Cc1cc(-c2ccc(C(F)(F)F)cc2)cnc1-c1ccc(C(F)(F)F)cc1. The number of pyridine rings is 1. The Kier molecular flexibility index (Phi) is 4.86. The highest BCUT2D eigenvalue weighted by atomic mass is 19.4. The smallest absolute Gasteiger partial charge is 0.254 e. The van der Waals surface area contributed by atoms with Crippen LogP contribution in [0.1, 0.15) is 16.7 Å². The molecule has 0 amide bonds. The summed E-state index contributed by atoms with van der Waals surface area (Å²) < 4.78 is 76.0. The zero-order valence-electron chi connectivity index (χ0n) is 13.9. The first kappa shape index (κ1) is 19.4. The van der Waals surface area contributed by atoms with Gasteiger partial charge in [-0.1, -0.05) is 24.3 Å². The van der Waals surface area contributed by atoms with Crippen molar-refractivity contribution in [3.8, 4) is 28.5 Å². The molecule has 0 aliphatic heterocycles. The second-order valence-corrected chi connectivity index (χ2v) is 5.88. The number of halogens is 6. The highest BCUT2D eigenvalue weighted by Crippen LogP contribution is 2.33. The van der Waals surface area contributed by atoms with Gasteiger partial charge in [0, 0.05) is 17.3 Å². The summed E-state index contributed by atoms with van der Waals surface area (Å²) in [4.78, 5) is 4.13. The Balaban J connectivity index is 1.96. The van der Waals surface area contributed by atoms with Crippen molar-refractivity contribution in [2.24, 2.45) is 0 Å². The Morgan fingerprint density at radius 3 is 1.57 bits per heavy atom. The van der Waals surface area contributed by atoms with Crippen molar-refractivity contribution in [2.75, 3.05) is 0 Å². The summed E-state index contributed by atoms with van der Waals surface area (Å²) in [5, 5.41) is 9.37. The Morgan fingerprint density at radius 2 is 1.14 bits per heavy atom. The van der Waals surface area contributed by atoms with Gasteiger partial charge in [-0.15, -0.1) is 0 Å². The average molecular weight is 392 g/mol. The highest BCUT2D eigenvalue weighted by Gasteiger charge is 2.31. The van der Waals surface area contributed by atoms with Crippen molar-refractivity contribution in [1.29, 1.82) is 5.26 Å². The molecular weight excluding hydrogens is 382 g/mol. The maximum Gasteiger partial charge on any atom is 0.416 e. The molecule has 1 heterocycles. The molecule has 3 rings (SSSR count). The third kappa shape index (κ3) is 3.98. The molecule has 2 aromatic carbocycles. The van der Waals surface area contributed by atoms with Crippen LogP contribution < -0.4 is 0 Å². The van der Waals surface area contributed by atoms with Crippen molar-refractivity contribution < 1.29 is 26.3 Å². The van der Waals surface area contributed by atoms with Gasteiger partial charge in [-0.2, -0.15) is 31.6 Å². The fraction of sp³-hybridized carbons (Fsp3) is 0.100. The first-order valence-corrected chi connectivity index (χ1v) is 7.85. The zero-order valence-corrected chi connectivity index (χ0v) is 13.9. The van der Waals surface area contributed by atoms with E-state index in [2.05, 4.69) is 4.98 Å². The maximum atomic E-state index is 12.7. The third-order valence-electron chi connectivity index (χ3n) is 4.04. The van der Waals surface area contributed by atoms with Gasteiger partial charge < -0.3 is 0 Å². The third-order valence-corrected chi connectivity index (χ3v) is 4.04. The summed E-state index contributed by atoms with van der Waals surface area (Å²) in [7, 11) is 0. The van der Waals surface area contributed by atoms with Crippen molar-refractivity contribution in [3.63, 3.8) is 0 Å². The fourth-order valence-electron chi connectivity index (χ4n) is 2.61. The molecule has 2 nitrogen and oxygen atoms in total. The number of aromatic nitrogens is 1. The lowest BCUT2D eigenvalue weighted by molar-refractivity contribution is -0.138. The van der Waals surface area contributed by atoms with Crippen molar-refractivity contribution >= 4 is 0 Å². The molecular formula is C20H10F6N2. The predicted molar refractivity (Wildman–Crippen MR) is 89.8 cm³/mol. The second-order valence-electron chi connectivity index (χ2n) is 5.88. The molecule has 8 heteroatoms. The van der Waals surface area contributed by atoms with Gasteiger partial charge in [0.25, 0.3) is 0 Å². The highest BCUT2D eigenvalue weighted by molar-refractivity contribution is 5.72. The van der Waals surface area contributed by atoms with Crippen LogP contribution in [-0.4, -0.2) is 4.98 Å². The lowest BCUT2D eigenvalue weighted by Gasteiger charge is -2.10. The van der Waals surface area contributed by atoms with E-state index in [4.69, 9.17) is 0 Å². The number of nitrogens with zero attached hydrogens (tertiary/aromatic N) is 2. The molecule has 0 N–H and O–H groups in total. The summed E-state index contributed by atoms with van der Waals surface area (Å²) in [5.74, 6) is 0. The zero-order chi connectivity index (χ0) is 20.5. The van der Waals surface area contributed by atoms with E-state index < -0.39 is 23.5 Å². The number of hydrogen-bond donors (Lipinski definition) is 0. The van der Waals surface area contributed by atoms with Gasteiger partial charge in [-0.05, 0) is 35.9 Å². The molecule has 0 aliphatic rings. The number of nitriles is 1. The molecule has 0 saturated carbocycles. The summed E-state index contributed by atoms with van der Waals surface area (Å²) in [6.45, 7) is 0. The molecule has 3 aromatic rings. The molecule has 0 bridgehead atoms. The van der Waals surface area contributed by atoms with E-state index in [9.17, 15) is 31.6 Å². The van der Waals surface area contributed by atoms with Crippen LogP contribution in [-0.2, 0) is 12.4 Å². The minimum absolute atomic E-state index is 0.0946. The van der Waals surface area contributed by atoms with E-state index in [1.165, 1.54) is 36.5 Å². The first-order chi connectivity index (χ1) is 13.1. The van der Waals surface area contributed by atoms with E-state index in [0.717, 1.165) is 24.3 Å². The molecule has 0 fully saturated rings. The molecule has 28 heavy (non-hydrogen) atoms. The number of rotatable bonds is 2. The summed E-state index contributed by atoms with van der Waals surface area (Å²) in [6, 6.07) is 11.9. The van der Waals surface area contributed by atoms with E-state index in [0.29, 0.717) is 16.7 Å². The van der Waals surface area contributed by atoms with Crippen LogP contribution in [0.4, 0.5) is 26.3 Å². The van der Waals surface area contributed by atoms with Crippen LogP contribution in [0, 0.1) is 11.3 Å². The Morgan fingerprint density at radius 1 is 0.679 bits per heavy atom. The largest absolute Gasteiger partial charge is 0.416 e. The van der Waals surface area contributed by atoms with Crippen molar-refractivity contribution in [1.82, 2.24) is 4.98 Å². The normalized spacial score (nSPS) is 11.9. The van der Waals surface area contributed by atoms with Gasteiger partial charge in [0.05, 0.1) is 22.4 Å². The van der Waals surface area contributed by atoms with Crippen LogP contribution >= 0.6 is 0 Å². The quantitative estimate of drug-likeness (QED) is 0.478. The molecule has 0 radical (unpaired) electrons. The topological polar surface area (TPSA) is 36.7 Å². The lowest BCUT2D eigenvalue weighted by atomic mass is 10.00. The van der Waals surface area contributed by atoms with Gasteiger partial charge in [-0.25, -0.2) is 0 Å². The first-order valence-electron chi connectivity index (χ1n) is 7.85. The van der Waals surface area contributed by atoms with Crippen molar-refractivity contribution in [2.45, 2.75) is 12.4 Å². The number of alkyl halides is 6. The van der Waals surface area contributed by atoms with Crippen LogP contribution in [0.3, 0.4) is 0 Å². The molecule has 0 atom stereocenters. The van der Waals surface area contributed by atoms with E-state index in [1.807, 2.05) is 6.07 Å². The number of hydrogen-bond acceptors (Lipinski definition) is 2. The van der Waals surface area contributed by atoms with Gasteiger partial charge in [0.2, 0.25) is 0 Å². The summed E-state index contributed by atoms with van der Waals surface area (Å²) in [5.41, 5.74) is -0.174. The van der Waals surface area contributed by atoms with Gasteiger partial charge in [0.1, 0.15) is 6.07 Å².